The van der Waals surface area contributed by atoms with E-state index in [-0.39, 0.29) is 5.70 Å². The van der Waals surface area contributed by atoms with Crippen LogP contribution in [0.15, 0.2) is 54.2 Å². The summed E-state index contributed by atoms with van der Waals surface area (Å²) in [7, 11) is 0. The molecular formula is C26H30N4O4. The summed E-state index contributed by atoms with van der Waals surface area (Å²) in [6.07, 6.45) is -0.709. The minimum atomic E-state index is -1.15. The van der Waals surface area contributed by atoms with Gasteiger partial charge in [-0.05, 0) is 83.1 Å². The van der Waals surface area contributed by atoms with Crippen LogP contribution in [0.25, 0.3) is 0 Å². The smallest absolute Gasteiger partial charge is 0.408 e. The zero-order chi connectivity index (χ0) is 25.5. The molecule has 0 saturated heterocycles. The number of rotatable bonds is 5. The Morgan fingerprint density at radius 3 is 1.88 bits per heavy atom. The summed E-state index contributed by atoms with van der Waals surface area (Å²) in [6, 6.07) is 12.8. The average Bonchev–Trinajstić information content (AvgIpc) is 2.75. The van der Waals surface area contributed by atoms with Crippen LogP contribution in [0.2, 0.25) is 0 Å². The fourth-order valence-corrected chi connectivity index (χ4v) is 2.97. The molecule has 6 N–H and O–H groups in total. The maximum Gasteiger partial charge on any atom is 0.408 e. The van der Waals surface area contributed by atoms with E-state index in [0.717, 1.165) is 5.56 Å². The molecule has 0 aliphatic heterocycles. The van der Waals surface area contributed by atoms with E-state index in [1.807, 2.05) is 12.1 Å². The number of benzene rings is 2. The van der Waals surface area contributed by atoms with Crippen LogP contribution in [0.5, 0.6) is 0 Å². The van der Waals surface area contributed by atoms with Crippen molar-refractivity contribution >= 4 is 23.6 Å². The Hall–Kier alpha value is -4.21. The number of alkyl carbamates (subject to hydrolysis) is 1. The second kappa shape index (κ2) is 10.6. The summed E-state index contributed by atoms with van der Waals surface area (Å²) >= 11 is 0. The average molecular weight is 463 g/mol. The van der Waals surface area contributed by atoms with Gasteiger partial charge in [0.15, 0.2) is 0 Å². The normalized spacial score (nSPS) is 11.8. The van der Waals surface area contributed by atoms with Gasteiger partial charge in [-0.1, -0.05) is 11.8 Å². The number of ether oxygens (including phenoxy) is 1. The van der Waals surface area contributed by atoms with Gasteiger partial charge < -0.3 is 26.8 Å². The van der Waals surface area contributed by atoms with Gasteiger partial charge in [0.1, 0.15) is 23.3 Å². The lowest BCUT2D eigenvalue weighted by atomic mass is 9.92. The molecule has 0 aliphatic carbocycles. The predicted octanol–water partition coefficient (Wildman–Crippen LogP) is 2.74. The van der Waals surface area contributed by atoms with Gasteiger partial charge >= 0.3 is 6.09 Å². The van der Waals surface area contributed by atoms with Gasteiger partial charge in [-0.3, -0.25) is 4.79 Å². The highest BCUT2D eigenvalue weighted by molar-refractivity contribution is 5.95. The molecule has 2 rings (SSSR count). The Labute approximate surface area is 199 Å². The number of hydrogen-bond donors (Lipinski definition) is 4. The number of carbonyl (C=O) groups excluding carboxylic acids is 3. The van der Waals surface area contributed by atoms with Crippen molar-refractivity contribution < 1.29 is 19.1 Å². The Balaban J connectivity index is 2.15. The summed E-state index contributed by atoms with van der Waals surface area (Å²) in [4.78, 5) is 36.4. The first kappa shape index (κ1) is 26.0. The topological polar surface area (TPSA) is 137 Å². The Kier molecular flexibility index (Phi) is 8.12. The zero-order valence-corrected chi connectivity index (χ0v) is 20.0. The molecule has 0 bridgehead atoms. The molecule has 1 unspecified atom stereocenters. The molecule has 2 amide bonds. The largest absolute Gasteiger partial charge is 0.444 e. The standard InChI is InChI=1S/C26H30N4O4/c1-25(2,3)34-24(33)30-26(4,5)22(21(28)16-31)29-23(32)19-12-8-17(9-13-19)6-7-18-10-14-20(27)15-11-18/h8-15,22H,27-28H2,1-5H3,(H,29,32)(H,30,33). The molecule has 0 aromatic heterocycles. The fraction of sp³-hybridized carbons (Fsp3) is 0.308. The lowest BCUT2D eigenvalue weighted by Gasteiger charge is -2.35. The third-order valence-corrected chi connectivity index (χ3v) is 4.66. The highest BCUT2D eigenvalue weighted by atomic mass is 16.6. The van der Waals surface area contributed by atoms with Crippen molar-refractivity contribution in [2.24, 2.45) is 5.73 Å². The number of carbonyl (C=O) groups is 2. The van der Waals surface area contributed by atoms with Gasteiger partial charge in [-0.2, -0.15) is 0 Å². The third kappa shape index (κ3) is 7.73. The predicted molar refractivity (Wildman–Crippen MR) is 131 cm³/mol. The second-order valence-corrected chi connectivity index (χ2v) is 9.26. The number of hydrogen-bond acceptors (Lipinski definition) is 6. The highest BCUT2D eigenvalue weighted by Gasteiger charge is 2.36. The molecule has 0 fully saturated rings. The van der Waals surface area contributed by atoms with Crippen LogP contribution in [0.4, 0.5) is 10.5 Å². The third-order valence-electron chi connectivity index (χ3n) is 4.66. The molecule has 0 spiro atoms. The molecule has 0 radical (unpaired) electrons. The summed E-state index contributed by atoms with van der Waals surface area (Å²) in [5, 5.41) is 5.34. The Bertz CT molecular complexity index is 1140. The molecule has 2 aromatic rings. The van der Waals surface area contributed by atoms with E-state index < -0.39 is 29.2 Å². The SMILES string of the molecule is CC(C)(C)OC(=O)NC(C)(C)C(NC(=O)c1ccc(C#Cc2ccc(N)cc2)cc1)C(N)=C=O. The van der Waals surface area contributed by atoms with Gasteiger partial charge in [0, 0.05) is 22.4 Å². The van der Waals surface area contributed by atoms with E-state index in [2.05, 4.69) is 22.5 Å². The van der Waals surface area contributed by atoms with Gasteiger partial charge in [0.25, 0.3) is 5.91 Å². The maximum absolute atomic E-state index is 12.9. The van der Waals surface area contributed by atoms with Crippen molar-refractivity contribution in [3.05, 3.63) is 70.9 Å². The van der Waals surface area contributed by atoms with Gasteiger partial charge in [0.05, 0.1) is 5.54 Å². The van der Waals surface area contributed by atoms with Gasteiger partial charge in [0.2, 0.25) is 0 Å². The molecule has 0 saturated carbocycles. The van der Waals surface area contributed by atoms with Gasteiger partial charge in [-0.25, -0.2) is 9.59 Å². The number of anilines is 1. The summed E-state index contributed by atoms with van der Waals surface area (Å²) in [5.41, 5.74) is 11.9. The van der Waals surface area contributed by atoms with Crippen LogP contribution in [0.1, 0.15) is 56.1 Å². The minimum absolute atomic E-state index is 0.264. The van der Waals surface area contributed by atoms with Crippen LogP contribution in [-0.4, -0.2) is 35.1 Å². The number of nitrogens with two attached hydrogens (primary N) is 2. The van der Waals surface area contributed by atoms with Crippen molar-refractivity contribution in [3.63, 3.8) is 0 Å². The first-order chi connectivity index (χ1) is 15.8. The Morgan fingerprint density at radius 1 is 0.912 bits per heavy atom. The van der Waals surface area contributed by atoms with Crippen LogP contribution < -0.4 is 22.1 Å². The summed E-state index contributed by atoms with van der Waals surface area (Å²) < 4.78 is 5.27. The quantitative estimate of drug-likeness (QED) is 0.306. The van der Waals surface area contributed by atoms with E-state index in [1.165, 1.54) is 0 Å². The molecule has 8 heteroatoms. The molecule has 34 heavy (non-hydrogen) atoms. The van der Waals surface area contributed by atoms with E-state index >= 15 is 0 Å². The first-order valence-electron chi connectivity index (χ1n) is 10.6. The number of nitrogen functional groups attached to an aromatic ring is 1. The lowest BCUT2D eigenvalue weighted by molar-refractivity contribution is 0.0453. The van der Waals surface area contributed by atoms with Crippen LogP contribution in [0.3, 0.4) is 0 Å². The molecule has 2 aromatic carbocycles. The second-order valence-electron chi connectivity index (χ2n) is 9.26. The molecule has 0 heterocycles. The monoisotopic (exact) mass is 462 g/mol. The molecule has 0 aliphatic rings. The number of nitrogens with one attached hydrogen (secondary N) is 2. The van der Waals surface area contributed by atoms with Crippen LogP contribution in [-0.2, 0) is 9.53 Å². The van der Waals surface area contributed by atoms with Gasteiger partial charge in [-0.15, -0.1) is 0 Å². The van der Waals surface area contributed by atoms with Crippen molar-refractivity contribution in [1.29, 1.82) is 0 Å². The number of amides is 2. The summed E-state index contributed by atoms with van der Waals surface area (Å²) in [6.45, 7) is 8.40. The van der Waals surface area contributed by atoms with E-state index in [9.17, 15) is 14.4 Å². The lowest BCUT2D eigenvalue weighted by Crippen LogP contribution is -2.61. The van der Waals surface area contributed by atoms with Crippen molar-refractivity contribution in [2.75, 3.05) is 5.73 Å². The fourth-order valence-electron chi connectivity index (χ4n) is 2.97. The van der Waals surface area contributed by atoms with Crippen LogP contribution >= 0.6 is 0 Å². The van der Waals surface area contributed by atoms with Crippen molar-refractivity contribution in [3.8, 4) is 11.8 Å². The van der Waals surface area contributed by atoms with E-state index in [0.29, 0.717) is 16.8 Å². The highest BCUT2D eigenvalue weighted by Crippen LogP contribution is 2.16. The van der Waals surface area contributed by atoms with Crippen molar-refractivity contribution in [2.45, 2.75) is 51.8 Å². The maximum atomic E-state index is 12.9. The minimum Gasteiger partial charge on any atom is -0.444 e. The van der Waals surface area contributed by atoms with E-state index in [4.69, 9.17) is 16.2 Å². The zero-order valence-electron chi connectivity index (χ0n) is 20.0. The van der Waals surface area contributed by atoms with Crippen molar-refractivity contribution in [1.82, 2.24) is 10.6 Å². The van der Waals surface area contributed by atoms with E-state index in [1.54, 1.807) is 77.0 Å². The Morgan fingerprint density at radius 2 is 1.41 bits per heavy atom. The van der Waals surface area contributed by atoms with Crippen LogP contribution in [0, 0.1) is 11.8 Å². The summed E-state index contributed by atoms with van der Waals surface area (Å²) in [5.74, 6) is 7.16. The molecule has 1 atom stereocenters. The molecule has 8 nitrogen and oxygen atoms in total. The molecule has 178 valence electrons. The first-order valence-corrected chi connectivity index (χ1v) is 10.6. The molecular weight excluding hydrogens is 432 g/mol.